The van der Waals surface area contributed by atoms with Crippen LogP contribution in [0.4, 0.5) is 0 Å². The van der Waals surface area contributed by atoms with Crippen molar-refractivity contribution in [1.29, 1.82) is 0 Å². The highest BCUT2D eigenvalue weighted by Gasteiger charge is 2.55. The van der Waals surface area contributed by atoms with Gasteiger partial charge in [-0.15, -0.1) is 0 Å². The largest absolute Gasteiger partial charge is 0.462 e. The van der Waals surface area contributed by atoms with E-state index in [-0.39, 0.29) is 11.4 Å². The Kier molecular flexibility index (Phi) is 1.71. The van der Waals surface area contributed by atoms with E-state index in [2.05, 4.69) is 7.11 Å². The average molecular weight is 193 g/mol. The maximum Gasteiger partial charge on any atom is 0.312 e. The molecule has 2 heteroatoms. The van der Waals surface area contributed by atoms with Crippen LogP contribution >= 0.6 is 0 Å². The number of rotatable bonds is 1. The van der Waals surface area contributed by atoms with Gasteiger partial charge in [-0.25, -0.2) is 0 Å². The zero-order valence-electron chi connectivity index (χ0n) is 8.50. The summed E-state index contributed by atoms with van der Waals surface area (Å²) in [5.41, 5.74) is -0.115. The van der Waals surface area contributed by atoms with Gasteiger partial charge in [0, 0.05) is 0 Å². The number of carbonyl (C=O) groups is 1. The van der Waals surface area contributed by atoms with Gasteiger partial charge < -0.3 is 4.74 Å². The van der Waals surface area contributed by atoms with Crippen LogP contribution in [0, 0.1) is 30.3 Å². The Labute approximate surface area is 85.0 Å². The van der Waals surface area contributed by atoms with Crippen LogP contribution in [-0.4, -0.2) is 5.97 Å². The molecule has 0 spiro atoms. The summed E-state index contributed by atoms with van der Waals surface area (Å²) in [5.74, 6) is 2.39. The van der Waals surface area contributed by atoms with E-state index < -0.39 is 0 Å². The quantitative estimate of drug-likeness (QED) is 0.598. The van der Waals surface area contributed by atoms with Crippen molar-refractivity contribution in [2.75, 3.05) is 0 Å². The lowest BCUT2D eigenvalue weighted by Gasteiger charge is -2.54. The minimum absolute atomic E-state index is 0.0309. The van der Waals surface area contributed by atoms with Gasteiger partial charge in [0.25, 0.3) is 0 Å². The van der Waals surface area contributed by atoms with Gasteiger partial charge in [0.05, 0.1) is 5.41 Å². The van der Waals surface area contributed by atoms with E-state index in [4.69, 9.17) is 4.74 Å². The predicted octanol–water partition coefficient (Wildman–Crippen LogP) is 2.54. The van der Waals surface area contributed by atoms with Crippen LogP contribution in [0.15, 0.2) is 0 Å². The van der Waals surface area contributed by atoms with Crippen molar-refractivity contribution in [3.63, 3.8) is 0 Å². The molecule has 0 aromatic heterocycles. The van der Waals surface area contributed by atoms with Crippen molar-refractivity contribution < 1.29 is 9.53 Å². The molecule has 0 N–H and O–H groups in total. The van der Waals surface area contributed by atoms with E-state index >= 15 is 0 Å². The summed E-state index contributed by atoms with van der Waals surface area (Å²) in [7, 11) is 3.29. The van der Waals surface area contributed by atoms with E-state index in [1.165, 1.54) is 19.3 Å². The zero-order valence-corrected chi connectivity index (χ0v) is 8.50. The number of esters is 1. The fraction of sp³-hybridized carbons (Fsp3) is 0.833. The first-order valence-electron chi connectivity index (χ1n) is 5.68. The molecule has 4 aliphatic rings. The van der Waals surface area contributed by atoms with Crippen molar-refractivity contribution >= 4 is 5.97 Å². The Balaban J connectivity index is 1.91. The standard InChI is InChI=1S/C12H17O2/c1-14-11(13)12-5-8-2-9(6-12)4-10(3-8)7-12/h8-10H,1-7H2. The maximum atomic E-state index is 11.8. The molecular weight excluding hydrogens is 176 g/mol. The Morgan fingerprint density at radius 3 is 1.86 bits per heavy atom. The molecule has 77 valence electrons. The molecule has 4 aliphatic carbocycles. The Morgan fingerprint density at radius 2 is 1.50 bits per heavy atom. The number of carbonyl (C=O) groups excluding carboxylic acids is 1. The third kappa shape index (κ3) is 1.06. The van der Waals surface area contributed by atoms with Gasteiger partial charge in [-0.3, -0.25) is 4.79 Å². The van der Waals surface area contributed by atoms with Crippen LogP contribution in [0.2, 0.25) is 0 Å². The molecule has 2 nitrogen and oxygen atoms in total. The molecule has 4 saturated carbocycles. The first-order valence-corrected chi connectivity index (χ1v) is 5.68. The monoisotopic (exact) mass is 193 g/mol. The number of hydrogen-bond donors (Lipinski definition) is 0. The molecule has 0 aromatic rings. The van der Waals surface area contributed by atoms with Crippen molar-refractivity contribution in [1.82, 2.24) is 0 Å². The van der Waals surface area contributed by atoms with Gasteiger partial charge in [0.15, 0.2) is 0 Å². The lowest BCUT2D eigenvalue weighted by atomic mass is 9.49. The summed E-state index contributed by atoms with van der Waals surface area (Å²) in [5, 5.41) is 0. The van der Waals surface area contributed by atoms with Crippen molar-refractivity contribution in [3.8, 4) is 0 Å². The Morgan fingerprint density at radius 1 is 1.07 bits per heavy atom. The second-order valence-corrected chi connectivity index (χ2v) is 5.63. The fourth-order valence-electron chi connectivity index (χ4n) is 4.51. The lowest BCUT2D eigenvalue weighted by Crippen LogP contribution is -2.50. The molecule has 0 unspecified atom stereocenters. The van der Waals surface area contributed by atoms with Gasteiger partial charge in [0.1, 0.15) is 7.11 Å². The van der Waals surface area contributed by atoms with Gasteiger partial charge in [-0.2, -0.15) is 0 Å². The molecule has 4 fully saturated rings. The highest BCUT2D eigenvalue weighted by atomic mass is 16.5. The molecule has 0 amide bonds. The summed E-state index contributed by atoms with van der Waals surface area (Å²) in [6.07, 6.45) is 7.32. The highest BCUT2D eigenvalue weighted by Crippen LogP contribution is 2.60. The minimum atomic E-state index is -0.115. The van der Waals surface area contributed by atoms with Crippen LogP contribution in [0.25, 0.3) is 0 Å². The topological polar surface area (TPSA) is 26.3 Å². The third-order valence-electron chi connectivity index (χ3n) is 4.60. The van der Waals surface area contributed by atoms with E-state index in [1.54, 1.807) is 0 Å². The van der Waals surface area contributed by atoms with Gasteiger partial charge in [0.2, 0.25) is 0 Å². The van der Waals surface area contributed by atoms with Crippen molar-refractivity contribution in [2.45, 2.75) is 38.5 Å². The molecule has 0 aromatic carbocycles. The average Bonchev–Trinajstić information content (AvgIpc) is 2.14. The molecule has 4 bridgehead atoms. The highest BCUT2D eigenvalue weighted by molar-refractivity contribution is 5.77. The maximum absolute atomic E-state index is 11.8. The molecular formula is C12H17O2. The number of hydrogen-bond acceptors (Lipinski definition) is 2. The summed E-state index contributed by atoms with van der Waals surface area (Å²) < 4.78 is 4.75. The van der Waals surface area contributed by atoms with E-state index in [0.717, 1.165) is 37.0 Å². The van der Waals surface area contributed by atoms with Gasteiger partial charge in [-0.05, 0) is 56.3 Å². The summed E-state index contributed by atoms with van der Waals surface area (Å²) >= 11 is 0. The summed E-state index contributed by atoms with van der Waals surface area (Å²) in [4.78, 5) is 11.8. The lowest BCUT2D eigenvalue weighted by molar-refractivity contribution is -0.166. The first kappa shape index (κ1) is 8.75. The van der Waals surface area contributed by atoms with Gasteiger partial charge in [-0.1, -0.05) is 0 Å². The van der Waals surface area contributed by atoms with Crippen molar-refractivity contribution in [2.24, 2.45) is 23.2 Å². The summed E-state index contributed by atoms with van der Waals surface area (Å²) in [6.45, 7) is 0. The molecule has 0 heterocycles. The third-order valence-corrected chi connectivity index (χ3v) is 4.60. The molecule has 0 aliphatic heterocycles. The van der Waals surface area contributed by atoms with E-state index in [9.17, 15) is 4.79 Å². The minimum Gasteiger partial charge on any atom is -0.462 e. The van der Waals surface area contributed by atoms with Gasteiger partial charge >= 0.3 is 5.97 Å². The first-order chi connectivity index (χ1) is 6.72. The molecule has 0 saturated heterocycles. The van der Waals surface area contributed by atoms with Crippen LogP contribution < -0.4 is 0 Å². The summed E-state index contributed by atoms with van der Waals surface area (Å²) in [6, 6.07) is 0. The smallest absolute Gasteiger partial charge is 0.312 e. The molecule has 1 radical (unpaired) electrons. The predicted molar refractivity (Wildman–Crippen MR) is 52.1 cm³/mol. The Bertz CT molecular complexity index is 234. The second-order valence-electron chi connectivity index (χ2n) is 5.63. The van der Waals surface area contributed by atoms with E-state index in [1.807, 2.05) is 0 Å². The zero-order chi connectivity index (χ0) is 9.76. The van der Waals surface area contributed by atoms with Crippen LogP contribution in [0.3, 0.4) is 0 Å². The Hall–Kier alpha value is -0.530. The second kappa shape index (κ2) is 2.74. The van der Waals surface area contributed by atoms with Crippen molar-refractivity contribution in [3.05, 3.63) is 7.11 Å². The van der Waals surface area contributed by atoms with E-state index in [0.29, 0.717) is 0 Å². The number of ether oxygens (including phenoxy) is 1. The van der Waals surface area contributed by atoms with Crippen LogP contribution in [0.5, 0.6) is 0 Å². The fourth-order valence-corrected chi connectivity index (χ4v) is 4.51. The molecule has 0 atom stereocenters. The normalized spacial score (nSPS) is 49.4. The van der Waals surface area contributed by atoms with Crippen LogP contribution in [-0.2, 0) is 9.53 Å². The molecule has 4 rings (SSSR count). The van der Waals surface area contributed by atoms with Crippen LogP contribution in [0.1, 0.15) is 38.5 Å². The SMILES string of the molecule is [CH2]OC(=O)C12CC3CC(CC(C3)C1)C2. The molecule has 14 heavy (non-hydrogen) atoms.